The lowest BCUT2D eigenvalue weighted by Gasteiger charge is -2.29. The van der Waals surface area contributed by atoms with Crippen molar-refractivity contribution >= 4 is 7.98 Å². The molecule has 0 amide bonds. The minimum atomic E-state index is 0.298. The van der Waals surface area contributed by atoms with Crippen molar-refractivity contribution in [3.05, 3.63) is 59.2 Å². The Kier molecular flexibility index (Phi) is 5.59. The Bertz CT molecular complexity index is 664. The molecule has 2 aromatic carbocycles. The van der Waals surface area contributed by atoms with Crippen LogP contribution in [0, 0.1) is 13.8 Å². The number of hydrogen-bond acceptors (Lipinski definition) is 3. The zero-order valence-corrected chi connectivity index (χ0v) is 14.5. The topological polar surface area (TPSA) is 21.7 Å². The molecule has 1 aliphatic rings. The van der Waals surface area contributed by atoms with Crippen molar-refractivity contribution in [2.75, 3.05) is 13.1 Å². The first kappa shape index (κ1) is 17.1. The number of benzene rings is 2. The van der Waals surface area contributed by atoms with Crippen LogP contribution in [-0.4, -0.2) is 32.0 Å². The Hall–Kier alpha value is -1.78. The zero-order valence-electron chi connectivity index (χ0n) is 14.5. The number of nitrogens with zero attached hydrogens (tertiary/aromatic N) is 1. The third-order valence-corrected chi connectivity index (χ3v) is 4.33. The SMILES string of the molecule is [B]N1CCC(OCc2cc(C)cc(Oc3ccc(C)cc3)c2)CC1. The number of rotatable bonds is 5. The van der Waals surface area contributed by atoms with Gasteiger partial charge >= 0.3 is 0 Å². The van der Waals surface area contributed by atoms with Gasteiger partial charge in [0.05, 0.1) is 12.7 Å². The van der Waals surface area contributed by atoms with Crippen LogP contribution < -0.4 is 4.74 Å². The van der Waals surface area contributed by atoms with E-state index >= 15 is 0 Å². The maximum Gasteiger partial charge on any atom is 0.182 e. The first-order chi connectivity index (χ1) is 11.6. The maximum atomic E-state index is 6.06. The number of aryl methyl sites for hydroxylation is 2. The predicted octanol–water partition coefficient (Wildman–Crippen LogP) is 4.16. The van der Waals surface area contributed by atoms with Crippen LogP contribution >= 0.6 is 0 Å². The molecule has 1 heterocycles. The monoisotopic (exact) mass is 321 g/mol. The van der Waals surface area contributed by atoms with Gasteiger partial charge in [0.25, 0.3) is 0 Å². The third-order valence-electron chi connectivity index (χ3n) is 4.33. The molecule has 0 aromatic heterocycles. The zero-order chi connectivity index (χ0) is 16.9. The second-order valence-electron chi connectivity index (χ2n) is 6.62. The smallest absolute Gasteiger partial charge is 0.182 e. The van der Waals surface area contributed by atoms with Gasteiger partial charge in [0.1, 0.15) is 11.5 Å². The first-order valence-electron chi connectivity index (χ1n) is 8.55. The van der Waals surface area contributed by atoms with Crippen molar-refractivity contribution < 1.29 is 9.47 Å². The molecule has 0 saturated carbocycles. The first-order valence-corrected chi connectivity index (χ1v) is 8.55. The van der Waals surface area contributed by atoms with E-state index in [-0.39, 0.29) is 0 Å². The number of piperidine rings is 1. The molecule has 0 spiro atoms. The van der Waals surface area contributed by atoms with E-state index in [1.54, 1.807) is 0 Å². The third kappa shape index (κ3) is 4.86. The normalized spacial score (nSPS) is 16.2. The maximum absolute atomic E-state index is 6.06. The largest absolute Gasteiger partial charge is 0.457 e. The van der Waals surface area contributed by atoms with E-state index in [0.717, 1.165) is 43.0 Å². The fourth-order valence-corrected chi connectivity index (χ4v) is 2.97. The fraction of sp³-hybridized carbons (Fsp3) is 0.400. The Morgan fingerprint density at radius 2 is 1.67 bits per heavy atom. The highest BCUT2D eigenvalue weighted by atomic mass is 16.5. The Morgan fingerprint density at radius 1 is 0.958 bits per heavy atom. The highest BCUT2D eigenvalue weighted by Crippen LogP contribution is 2.25. The highest BCUT2D eigenvalue weighted by molar-refractivity contribution is 6.04. The highest BCUT2D eigenvalue weighted by Gasteiger charge is 2.16. The summed E-state index contributed by atoms with van der Waals surface area (Å²) in [5, 5.41) is 0. The fourth-order valence-electron chi connectivity index (χ4n) is 2.97. The lowest BCUT2D eigenvalue weighted by molar-refractivity contribution is 0.0102. The van der Waals surface area contributed by atoms with Gasteiger partial charge in [0.2, 0.25) is 0 Å². The molecule has 124 valence electrons. The van der Waals surface area contributed by atoms with Crippen molar-refractivity contribution in [1.82, 2.24) is 4.81 Å². The summed E-state index contributed by atoms with van der Waals surface area (Å²) in [7, 11) is 5.79. The lowest BCUT2D eigenvalue weighted by atomic mass is 10.0. The average Bonchev–Trinajstić information content (AvgIpc) is 2.56. The molecule has 2 radical (unpaired) electrons. The van der Waals surface area contributed by atoms with Crippen molar-refractivity contribution in [3.8, 4) is 11.5 Å². The van der Waals surface area contributed by atoms with Crippen molar-refractivity contribution in [1.29, 1.82) is 0 Å². The van der Waals surface area contributed by atoms with E-state index in [1.807, 2.05) is 16.9 Å². The van der Waals surface area contributed by atoms with Gasteiger partial charge in [-0.05, 0) is 75.2 Å². The standard InChI is InChI=1S/C20H24BNO2/c1-15-3-5-19(6-4-15)24-20-12-16(2)11-17(13-20)14-23-18-7-9-22(21)10-8-18/h3-6,11-13,18H,7-10,14H2,1-2H3. The van der Waals surface area contributed by atoms with Crippen molar-refractivity contribution in [2.45, 2.75) is 39.4 Å². The summed E-state index contributed by atoms with van der Waals surface area (Å²) in [6, 6.07) is 14.4. The van der Waals surface area contributed by atoms with Gasteiger partial charge in [-0.3, -0.25) is 0 Å². The van der Waals surface area contributed by atoms with Crippen molar-refractivity contribution in [3.63, 3.8) is 0 Å². The number of ether oxygens (including phenoxy) is 2. The van der Waals surface area contributed by atoms with E-state index < -0.39 is 0 Å². The summed E-state index contributed by atoms with van der Waals surface area (Å²) in [4.78, 5) is 1.86. The van der Waals surface area contributed by atoms with Crippen LogP contribution in [0.1, 0.15) is 29.5 Å². The molecule has 2 aromatic rings. The molecule has 0 N–H and O–H groups in total. The quantitative estimate of drug-likeness (QED) is 0.772. The van der Waals surface area contributed by atoms with Crippen LogP contribution in [0.15, 0.2) is 42.5 Å². The van der Waals surface area contributed by atoms with Crippen molar-refractivity contribution in [2.24, 2.45) is 0 Å². The van der Waals surface area contributed by atoms with Gasteiger partial charge in [-0.25, -0.2) is 0 Å². The minimum absolute atomic E-state index is 0.298. The molecule has 3 nitrogen and oxygen atoms in total. The second kappa shape index (κ2) is 7.86. The molecule has 1 aliphatic heterocycles. The van der Waals surface area contributed by atoms with E-state index in [9.17, 15) is 0 Å². The van der Waals surface area contributed by atoms with Crippen LogP contribution in [0.3, 0.4) is 0 Å². The van der Waals surface area contributed by atoms with Gasteiger partial charge < -0.3 is 14.3 Å². The van der Waals surface area contributed by atoms with Crippen LogP contribution in [-0.2, 0) is 11.3 Å². The average molecular weight is 321 g/mol. The van der Waals surface area contributed by atoms with Gasteiger partial charge in [-0.15, -0.1) is 0 Å². The molecular formula is C20H24BNO2. The van der Waals surface area contributed by atoms with Crippen LogP contribution in [0.2, 0.25) is 0 Å². The van der Waals surface area contributed by atoms with Crippen LogP contribution in [0.5, 0.6) is 11.5 Å². The van der Waals surface area contributed by atoms with E-state index in [0.29, 0.717) is 12.7 Å². The molecule has 0 unspecified atom stereocenters. The lowest BCUT2D eigenvalue weighted by Crippen LogP contribution is -2.35. The van der Waals surface area contributed by atoms with E-state index in [4.69, 9.17) is 17.5 Å². The number of hydrogen-bond donors (Lipinski definition) is 0. The van der Waals surface area contributed by atoms with Crippen LogP contribution in [0.25, 0.3) is 0 Å². The van der Waals surface area contributed by atoms with Gasteiger partial charge in [-0.1, -0.05) is 23.8 Å². The molecule has 1 saturated heterocycles. The molecule has 0 bridgehead atoms. The summed E-state index contributed by atoms with van der Waals surface area (Å²) in [6.07, 6.45) is 2.29. The Labute approximate surface area is 146 Å². The summed E-state index contributed by atoms with van der Waals surface area (Å²) in [5.74, 6) is 1.71. The summed E-state index contributed by atoms with van der Waals surface area (Å²) in [6.45, 7) is 6.57. The minimum Gasteiger partial charge on any atom is -0.457 e. The van der Waals surface area contributed by atoms with Gasteiger partial charge in [0, 0.05) is 0 Å². The molecule has 24 heavy (non-hydrogen) atoms. The van der Waals surface area contributed by atoms with E-state index in [1.165, 1.54) is 11.1 Å². The Morgan fingerprint density at radius 3 is 2.38 bits per heavy atom. The molecule has 3 rings (SSSR count). The van der Waals surface area contributed by atoms with Crippen LogP contribution in [0.4, 0.5) is 0 Å². The summed E-state index contributed by atoms with van der Waals surface area (Å²) < 4.78 is 12.0. The molecule has 4 heteroatoms. The van der Waals surface area contributed by atoms with Gasteiger partial charge in [0.15, 0.2) is 7.98 Å². The predicted molar refractivity (Wildman–Crippen MR) is 97.6 cm³/mol. The molecule has 0 atom stereocenters. The Balaban J connectivity index is 1.62. The summed E-state index contributed by atoms with van der Waals surface area (Å²) in [5.41, 5.74) is 3.55. The van der Waals surface area contributed by atoms with Gasteiger partial charge in [-0.2, -0.15) is 0 Å². The second-order valence-corrected chi connectivity index (χ2v) is 6.62. The molecule has 0 aliphatic carbocycles. The molecular weight excluding hydrogens is 297 g/mol. The molecule has 1 fully saturated rings. The summed E-state index contributed by atoms with van der Waals surface area (Å²) >= 11 is 0. The van der Waals surface area contributed by atoms with E-state index in [2.05, 4.69) is 44.2 Å².